The van der Waals surface area contributed by atoms with Gasteiger partial charge in [-0.3, -0.25) is 9.78 Å². The van der Waals surface area contributed by atoms with Gasteiger partial charge in [0.2, 0.25) is 5.91 Å². The summed E-state index contributed by atoms with van der Waals surface area (Å²) < 4.78 is 5.86. The van der Waals surface area contributed by atoms with E-state index in [9.17, 15) is 4.79 Å². The van der Waals surface area contributed by atoms with Crippen LogP contribution in [0.1, 0.15) is 63.5 Å². The maximum atomic E-state index is 13.1. The number of aromatic nitrogens is 1. The highest BCUT2D eigenvalue weighted by atomic mass is 16.5. The molecule has 2 aliphatic heterocycles. The van der Waals surface area contributed by atoms with Gasteiger partial charge in [0.1, 0.15) is 0 Å². The molecule has 1 aliphatic carbocycles. The molecule has 1 amide bonds. The minimum Gasteiger partial charge on any atom is -0.376 e. The lowest BCUT2D eigenvalue weighted by atomic mass is 9.94. The van der Waals surface area contributed by atoms with Crippen molar-refractivity contribution in [1.29, 1.82) is 0 Å². The van der Waals surface area contributed by atoms with Crippen LogP contribution in [0.15, 0.2) is 24.4 Å². The summed E-state index contributed by atoms with van der Waals surface area (Å²) in [5, 5.41) is 0. The Bertz CT molecular complexity index is 618. The average Bonchev–Trinajstić information content (AvgIpc) is 3.47. The number of hydrogen-bond acceptors (Lipinski definition) is 4. The molecule has 3 heterocycles. The topological polar surface area (TPSA) is 45.7 Å². The van der Waals surface area contributed by atoms with E-state index in [4.69, 9.17) is 4.74 Å². The predicted octanol–water partition coefficient (Wildman–Crippen LogP) is 3.68. The number of hydrogen-bond donors (Lipinski definition) is 0. The molecule has 160 valence electrons. The average molecular weight is 400 g/mol. The third kappa shape index (κ3) is 6.02. The molecule has 4 rings (SSSR count). The molecule has 0 aromatic carbocycles. The molecule has 2 saturated heterocycles. The second-order valence-corrected chi connectivity index (χ2v) is 9.17. The Balaban J connectivity index is 1.29. The minimum absolute atomic E-state index is 0.229. The van der Waals surface area contributed by atoms with Crippen LogP contribution in [0.3, 0.4) is 0 Å². The van der Waals surface area contributed by atoms with E-state index in [1.807, 2.05) is 24.4 Å². The van der Waals surface area contributed by atoms with Crippen molar-refractivity contribution in [3.63, 3.8) is 0 Å². The number of rotatable bonds is 8. The lowest BCUT2D eigenvalue weighted by Crippen LogP contribution is -2.45. The van der Waals surface area contributed by atoms with Crippen molar-refractivity contribution in [3.05, 3.63) is 30.1 Å². The Morgan fingerprint density at radius 3 is 2.59 bits per heavy atom. The molecule has 0 spiro atoms. The van der Waals surface area contributed by atoms with Gasteiger partial charge in [-0.05, 0) is 76.1 Å². The molecule has 5 heteroatoms. The van der Waals surface area contributed by atoms with Crippen LogP contribution < -0.4 is 0 Å². The first-order chi connectivity index (χ1) is 14.3. The summed E-state index contributed by atoms with van der Waals surface area (Å²) >= 11 is 0. The first-order valence-corrected chi connectivity index (χ1v) is 11.8. The second-order valence-electron chi connectivity index (χ2n) is 9.17. The normalized spacial score (nSPS) is 24.2. The fourth-order valence-corrected chi connectivity index (χ4v) is 5.33. The van der Waals surface area contributed by atoms with Crippen molar-refractivity contribution >= 4 is 5.91 Å². The summed E-state index contributed by atoms with van der Waals surface area (Å²) in [5.74, 6) is 0.900. The molecule has 1 atom stereocenters. The van der Waals surface area contributed by atoms with Crippen LogP contribution in [0, 0.1) is 5.92 Å². The molecule has 1 saturated carbocycles. The molecule has 3 aliphatic rings. The van der Waals surface area contributed by atoms with Gasteiger partial charge in [0.05, 0.1) is 6.10 Å². The van der Waals surface area contributed by atoms with Gasteiger partial charge in [0, 0.05) is 44.0 Å². The Hall–Kier alpha value is -1.46. The number of nitrogens with zero attached hydrogens (tertiary/aromatic N) is 3. The van der Waals surface area contributed by atoms with E-state index in [1.54, 1.807) is 0 Å². The number of ether oxygens (including phenoxy) is 1. The third-order valence-corrected chi connectivity index (χ3v) is 7.09. The van der Waals surface area contributed by atoms with E-state index in [0.717, 1.165) is 50.7 Å². The number of carbonyl (C=O) groups is 1. The molecule has 0 radical (unpaired) electrons. The Morgan fingerprint density at radius 1 is 1.07 bits per heavy atom. The van der Waals surface area contributed by atoms with E-state index >= 15 is 0 Å². The van der Waals surface area contributed by atoms with E-state index < -0.39 is 0 Å². The zero-order valence-electron chi connectivity index (χ0n) is 17.8. The summed E-state index contributed by atoms with van der Waals surface area (Å²) in [6.07, 6.45) is 13.6. The molecule has 5 nitrogen and oxygen atoms in total. The van der Waals surface area contributed by atoms with Crippen molar-refractivity contribution in [2.75, 3.05) is 32.8 Å². The largest absolute Gasteiger partial charge is 0.376 e. The Labute approximate surface area is 175 Å². The summed E-state index contributed by atoms with van der Waals surface area (Å²) in [4.78, 5) is 22.3. The molecule has 3 fully saturated rings. The number of carbonyl (C=O) groups excluding carboxylic acids is 1. The summed E-state index contributed by atoms with van der Waals surface area (Å²) in [6.45, 7) is 4.94. The quantitative estimate of drug-likeness (QED) is 0.669. The van der Waals surface area contributed by atoms with Gasteiger partial charge in [0.25, 0.3) is 0 Å². The highest BCUT2D eigenvalue weighted by molar-refractivity contribution is 5.76. The molecule has 1 aromatic heterocycles. The molecular formula is C24H37N3O2. The first kappa shape index (κ1) is 20.8. The van der Waals surface area contributed by atoms with E-state index in [2.05, 4.69) is 14.8 Å². The van der Waals surface area contributed by atoms with Crippen molar-refractivity contribution in [3.8, 4) is 0 Å². The van der Waals surface area contributed by atoms with E-state index in [1.165, 1.54) is 51.6 Å². The molecule has 29 heavy (non-hydrogen) atoms. The van der Waals surface area contributed by atoms with Crippen molar-refractivity contribution < 1.29 is 9.53 Å². The third-order valence-electron chi connectivity index (χ3n) is 7.09. The van der Waals surface area contributed by atoms with E-state index in [0.29, 0.717) is 12.3 Å². The highest BCUT2D eigenvalue weighted by Crippen LogP contribution is 2.28. The van der Waals surface area contributed by atoms with Crippen LogP contribution in [0.4, 0.5) is 0 Å². The van der Waals surface area contributed by atoms with Crippen LogP contribution in [0.25, 0.3) is 0 Å². The zero-order valence-corrected chi connectivity index (χ0v) is 17.8. The van der Waals surface area contributed by atoms with Crippen molar-refractivity contribution in [1.82, 2.24) is 14.8 Å². The standard InChI is InChI=1S/C24H37N3O2/c28-24(11-10-21-6-3-4-14-25-21)27(19-23-9-5-17-29-23)18-20-12-15-26(16-13-20)22-7-1-2-8-22/h3-4,6,14,20,22-23H,1-2,5,7-13,15-19H2. The summed E-state index contributed by atoms with van der Waals surface area (Å²) in [7, 11) is 0. The maximum Gasteiger partial charge on any atom is 0.223 e. The Morgan fingerprint density at radius 2 is 1.90 bits per heavy atom. The van der Waals surface area contributed by atoms with Gasteiger partial charge in [-0.25, -0.2) is 0 Å². The summed E-state index contributed by atoms with van der Waals surface area (Å²) in [5.41, 5.74) is 1.00. The van der Waals surface area contributed by atoms with Crippen molar-refractivity contribution in [2.24, 2.45) is 5.92 Å². The smallest absolute Gasteiger partial charge is 0.223 e. The Kier molecular flexibility index (Phi) is 7.55. The predicted molar refractivity (Wildman–Crippen MR) is 115 cm³/mol. The van der Waals surface area contributed by atoms with Crippen LogP contribution in [0.5, 0.6) is 0 Å². The SMILES string of the molecule is O=C(CCc1ccccn1)N(CC1CCN(C2CCCC2)CC1)CC1CCCO1. The van der Waals surface area contributed by atoms with E-state index in [-0.39, 0.29) is 12.0 Å². The van der Waals surface area contributed by atoms with Gasteiger partial charge in [-0.15, -0.1) is 0 Å². The highest BCUT2D eigenvalue weighted by Gasteiger charge is 2.30. The van der Waals surface area contributed by atoms with Gasteiger partial charge in [-0.2, -0.15) is 0 Å². The first-order valence-electron chi connectivity index (χ1n) is 11.8. The number of pyridine rings is 1. The molecular weight excluding hydrogens is 362 g/mol. The molecule has 0 N–H and O–H groups in total. The fraction of sp³-hybridized carbons (Fsp3) is 0.750. The number of aryl methyl sites for hydroxylation is 1. The monoisotopic (exact) mass is 399 g/mol. The molecule has 1 aromatic rings. The number of amides is 1. The fourth-order valence-electron chi connectivity index (χ4n) is 5.33. The van der Waals surface area contributed by atoms with Crippen LogP contribution >= 0.6 is 0 Å². The lowest BCUT2D eigenvalue weighted by molar-refractivity contribution is -0.133. The van der Waals surface area contributed by atoms with Gasteiger partial charge < -0.3 is 14.5 Å². The minimum atomic E-state index is 0.229. The zero-order chi connectivity index (χ0) is 19.9. The number of likely N-dealkylation sites (tertiary alicyclic amines) is 1. The molecule has 1 unspecified atom stereocenters. The second kappa shape index (κ2) is 10.5. The van der Waals surface area contributed by atoms with Crippen molar-refractivity contribution in [2.45, 2.75) is 76.4 Å². The maximum absolute atomic E-state index is 13.1. The van der Waals surface area contributed by atoms with Crippen LogP contribution in [0.2, 0.25) is 0 Å². The van der Waals surface area contributed by atoms with Gasteiger partial charge >= 0.3 is 0 Å². The van der Waals surface area contributed by atoms with Crippen LogP contribution in [-0.4, -0.2) is 65.6 Å². The number of piperidine rings is 1. The van der Waals surface area contributed by atoms with Gasteiger partial charge in [-0.1, -0.05) is 18.9 Å². The molecule has 0 bridgehead atoms. The van der Waals surface area contributed by atoms with Gasteiger partial charge in [0.15, 0.2) is 0 Å². The van der Waals surface area contributed by atoms with Crippen LogP contribution in [-0.2, 0) is 16.0 Å². The summed E-state index contributed by atoms with van der Waals surface area (Å²) in [6, 6.07) is 6.76. The lowest BCUT2D eigenvalue weighted by Gasteiger charge is -2.38.